The largest absolute Gasteiger partial charge is 0.370 e. The SMILES string of the molecule is CN=C(N)Nc1ncc(CSCCN)[nH]1. The van der Waals surface area contributed by atoms with E-state index >= 15 is 0 Å². The third-order valence-electron chi connectivity index (χ3n) is 1.64. The van der Waals surface area contributed by atoms with Gasteiger partial charge in [0.25, 0.3) is 0 Å². The molecule has 0 fully saturated rings. The van der Waals surface area contributed by atoms with Crippen LogP contribution in [0.1, 0.15) is 5.69 Å². The Morgan fingerprint density at radius 1 is 1.73 bits per heavy atom. The van der Waals surface area contributed by atoms with Gasteiger partial charge in [0.2, 0.25) is 5.95 Å². The Bertz CT molecular complexity index is 321. The van der Waals surface area contributed by atoms with Crippen molar-refractivity contribution in [2.75, 3.05) is 24.7 Å². The highest BCUT2D eigenvalue weighted by Crippen LogP contribution is 2.10. The highest BCUT2D eigenvalue weighted by atomic mass is 32.2. The van der Waals surface area contributed by atoms with E-state index in [0.717, 1.165) is 17.2 Å². The summed E-state index contributed by atoms with van der Waals surface area (Å²) in [6.45, 7) is 0.694. The fraction of sp³-hybridized carbons (Fsp3) is 0.500. The lowest BCUT2D eigenvalue weighted by molar-refractivity contribution is 1.14. The molecule has 0 aliphatic heterocycles. The number of aromatic amines is 1. The van der Waals surface area contributed by atoms with Gasteiger partial charge in [-0.2, -0.15) is 11.8 Å². The number of thioether (sulfide) groups is 1. The second-order valence-corrected chi connectivity index (χ2v) is 3.94. The molecule has 0 bridgehead atoms. The molecule has 6 N–H and O–H groups in total. The van der Waals surface area contributed by atoms with Crippen molar-refractivity contribution in [3.05, 3.63) is 11.9 Å². The minimum atomic E-state index is 0.338. The molecule has 0 aliphatic carbocycles. The molecule has 0 radical (unpaired) electrons. The summed E-state index contributed by atoms with van der Waals surface area (Å²) in [6, 6.07) is 0. The summed E-state index contributed by atoms with van der Waals surface area (Å²) < 4.78 is 0. The van der Waals surface area contributed by atoms with E-state index in [1.807, 2.05) is 0 Å². The lowest BCUT2D eigenvalue weighted by Gasteiger charge is -1.99. The highest BCUT2D eigenvalue weighted by Gasteiger charge is 2.00. The number of rotatable bonds is 5. The van der Waals surface area contributed by atoms with Crippen molar-refractivity contribution < 1.29 is 0 Å². The Morgan fingerprint density at radius 2 is 2.53 bits per heavy atom. The molecule has 84 valence electrons. The monoisotopic (exact) mass is 228 g/mol. The summed E-state index contributed by atoms with van der Waals surface area (Å²) in [5.41, 5.74) is 11.9. The minimum Gasteiger partial charge on any atom is -0.370 e. The first-order chi connectivity index (χ1) is 7.26. The molecule has 0 saturated heterocycles. The molecule has 1 rings (SSSR count). The van der Waals surface area contributed by atoms with Crippen LogP contribution in [-0.4, -0.2) is 35.3 Å². The van der Waals surface area contributed by atoms with E-state index in [9.17, 15) is 0 Å². The molecule has 15 heavy (non-hydrogen) atoms. The van der Waals surface area contributed by atoms with Crippen LogP contribution in [0.15, 0.2) is 11.2 Å². The van der Waals surface area contributed by atoms with Crippen LogP contribution in [0.25, 0.3) is 0 Å². The standard InChI is InChI=1S/C8H16N6S/c1-11-7(10)14-8-12-4-6(13-8)5-15-3-2-9/h4H,2-3,5,9H2,1H3,(H4,10,11,12,13,14). The van der Waals surface area contributed by atoms with E-state index in [0.29, 0.717) is 18.5 Å². The highest BCUT2D eigenvalue weighted by molar-refractivity contribution is 7.98. The molecule has 1 aromatic heterocycles. The van der Waals surface area contributed by atoms with E-state index in [1.165, 1.54) is 0 Å². The molecule has 0 aliphatic rings. The number of nitrogens with one attached hydrogen (secondary N) is 2. The normalized spacial score (nSPS) is 11.7. The Morgan fingerprint density at radius 3 is 3.20 bits per heavy atom. The first-order valence-corrected chi connectivity index (χ1v) is 5.72. The first-order valence-electron chi connectivity index (χ1n) is 4.57. The number of guanidine groups is 1. The van der Waals surface area contributed by atoms with Gasteiger partial charge in [-0.15, -0.1) is 0 Å². The van der Waals surface area contributed by atoms with Crippen LogP contribution in [0.5, 0.6) is 0 Å². The molecular formula is C8H16N6S. The van der Waals surface area contributed by atoms with Crippen LogP contribution < -0.4 is 16.8 Å². The first kappa shape index (κ1) is 11.9. The van der Waals surface area contributed by atoms with Crippen LogP contribution >= 0.6 is 11.8 Å². The third kappa shape index (κ3) is 4.22. The van der Waals surface area contributed by atoms with Crippen molar-refractivity contribution in [2.45, 2.75) is 5.75 Å². The zero-order valence-corrected chi connectivity index (χ0v) is 9.47. The van der Waals surface area contributed by atoms with Gasteiger partial charge in [-0.3, -0.25) is 10.3 Å². The van der Waals surface area contributed by atoms with Gasteiger partial charge in [0.05, 0.1) is 6.20 Å². The van der Waals surface area contributed by atoms with E-state index in [4.69, 9.17) is 11.5 Å². The Hall–Kier alpha value is -1.21. The third-order valence-corrected chi connectivity index (χ3v) is 2.68. The number of aliphatic imine (C=N–C) groups is 1. The lowest BCUT2D eigenvalue weighted by atomic mass is 10.6. The summed E-state index contributed by atoms with van der Waals surface area (Å²) >= 11 is 1.76. The van der Waals surface area contributed by atoms with E-state index in [-0.39, 0.29) is 0 Å². The van der Waals surface area contributed by atoms with Crippen molar-refractivity contribution >= 4 is 23.7 Å². The van der Waals surface area contributed by atoms with Gasteiger partial charge in [-0.05, 0) is 0 Å². The number of nitrogens with two attached hydrogens (primary N) is 2. The second kappa shape index (κ2) is 6.31. The van der Waals surface area contributed by atoms with Crippen molar-refractivity contribution in [1.29, 1.82) is 0 Å². The van der Waals surface area contributed by atoms with Crippen LogP contribution in [0.2, 0.25) is 0 Å². The number of hydrogen-bond acceptors (Lipinski definition) is 4. The smallest absolute Gasteiger partial charge is 0.207 e. The molecule has 0 unspecified atom stereocenters. The predicted octanol–water partition coefficient (Wildman–Crippen LogP) is -0.0420. The maximum absolute atomic E-state index is 5.49. The predicted molar refractivity (Wildman–Crippen MR) is 65.0 cm³/mol. The summed E-state index contributed by atoms with van der Waals surface area (Å²) in [5, 5.41) is 2.83. The van der Waals surface area contributed by atoms with Gasteiger partial charge < -0.3 is 16.5 Å². The number of aromatic nitrogens is 2. The number of imidazole rings is 1. The van der Waals surface area contributed by atoms with E-state index in [2.05, 4.69) is 20.3 Å². The topological polar surface area (TPSA) is 105 Å². The zero-order chi connectivity index (χ0) is 11.1. The average Bonchev–Trinajstić information content (AvgIpc) is 2.66. The summed E-state index contributed by atoms with van der Waals surface area (Å²) in [5.74, 6) is 2.77. The maximum Gasteiger partial charge on any atom is 0.207 e. The fourth-order valence-electron chi connectivity index (χ4n) is 0.939. The molecule has 7 heteroatoms. The summed E-state index contributed by atoms with van der Waals surface area (Å²) in [6.07, 6.45) is 1.77. The van der Waals surface area contributed by atoms with Gasteiger partial charge in [0.1, 0.15) is 0 Å². The molecule has 0 atom stereocenters. The lowest BCUT2D eigenvalue weighted by Crippen LogP contribution is -2.22. The van der Waals surface area contributed by atoms with Gasteiger partial charge in [-0.25, -0.2) is 4.98 Å². The van der Waals surface area contributed by atoms with Crippen molar-refractivity contribution in [2.24, 2.45) is 16.5 Å². The molecule has 1 aromatic rings. The molecule has 0 amide bonds. The van der Waals surface area contributed by atoms with E-state index in [1.54, 1.807) is 25.0 Å². The Kier molecular flexibility index (Phi) is 4.99. The van der Waals surface area contributed by atoms with E-state index < -0.39 is 0 Å². The van der Waals surface area contributed by atoms with Crippen LogP contribution in [0.4, 0.5) is 5.95 Å². The van der Waals surface area contributed by atoms with Gasteiger partial charge >= 0.3 is 0 Å². The quantitative estimate of drug-likeness (QED) is 0.321. The van der Waals surface area contributed by atoms with Crippen molar-refractivity contribution in [3.8, 4) is 0 Å². The van der Waals surface area contributed by atoms with Crippen LogP contribution in [0.3, 0.4) is 0 Å². The number of H-pyrrole nitrogens is 1. The van der Waals surface area contributed by atoms with Crippen LogP contribution in [-0.2, 0) is 5.75 Å². The number of hydrogen-bond donors (Lipinski definition) is 4. The molecule has 1 heterocycles. The van der Waals surface area contributed by atoms with Crippen molar-refractivity contribution in [1.82, 2.24) is 9.97 Å². The Balaban J connectivity index is 2.42. The molecular weight excluding hydrogens is 212 g/mol. The molecule has 6 nitrogen and oxygen atoms in total. The fourth-order valence-corrected chi connectivity index (χ4v) is 1.62. The Labute approximate surface area is 92.9 Å². The number of anilines is 1. The molecule has 0 spiro atoms. The molecule has 0 saturated carbocycles. The summed E-state index contributed by atoms with van der Waals surface area (Å²) in [7, 11) is 1.61. The van der Waals surface area contributed by atoms with Gasteiger partial charge in [-0.1, -0.05) is 0 Å². The van der Waals surface area contributed by atoms with Gasteiger partial charge in [0.15, 0.2) is 5.96 Å². The van der Waals surface area contributed by atoms with Crippen LogP contribution in [0, 0.1) is 0 Å². The maximum atomic E-state index is 5.49. The van der Waals surface area contributed by atoms with Crippen molar-refractivity contribution in [3.63, 3.8) is 0 Å². The minimum absolute atomic E-state index is 0.338. The number of nitrogens with zero attached hydrogens (tertiary/aromatic N) is 2. The average molecular weight is 228 g/mol. The second-order valence-electron chi connectivity index (χ2n) is 2.83. The van der Waals surface area contributed by atoms with Gasteiger partial charge in [0, 0.05) is 30.8 Å². The molecule has 0 aromatic carbocycles. The summed E-state index contributed by atoms with van der Waals surface area (Å²) in [4.78, 5) is 11.0. The zero-order valence-electron chi connectivity index (χ0n) is 8.66.